The highest BCUT2D eigenvalue weighted by molar-refractivity contribution is 7.86. The van der Waals surface area contributed by atoms with E-state index in [2.05, 4.69) is 0 Å². The van der Waals surface area contributed by atoms with Crippen molar-refractivity contribution in [1.29, 1.82) is 0 Å². The molecular weight excluding hydrogens is 518 g/mol. The summed E-state index contributed by atoms with van der Waals surface area (Å²) in [6, 6.07) is 7.78. The van der Waals surface area contributed by atoms with Crippen LogP contribution in [0.2, 0.25) is 0 Å². The summed E-state index contributed by atoms with van der Waals surface area (Å²) in [5, 5.41) is 9.53. The van der Waals surface area contributed by atoms with Crippen molar-refractivity contribution in [3.8, 4) is 28.4 Å². The van der Waals surface area contributed by atoms with E-state index in [1.54, 1.807) is 46.8 Å². The van der Waals surface area contributed by atoms with E-state index in [1.807, 2.05) is 0 Å². The normalized spacial score (nSPS) is 18.4. The molecule has 12 heteroatoms. The van der Waals surface area contributed by atoms with Crippen molar-refractivity contribution in [2.75, 3.05) is 19.6 Å². The molecule has 11 nitrogen and oxygen atoms in total. The molecule has 0 aliphatic carbocycles. The number of fused-ring (bicyclic) bond motifs is 1. The van der Waals surface area contributed by atoms with Gasteiger partial charge in [-0.1, -0.05) is 6.07 Å². The zero-order chi connectivity index (χ0) is 28.0. The molecule has 0 spiro atoms. The Morgan fingerprint density at radius 1 is 1.11 bits per heavy atom. The maximum absolute atomic E-state index is 13.0. The lowest BCUT2D eigenvalue weighted by Crippen LogP contribution is -2.46. The molecule has 1 unspecified atom stereocenters. The van der Waals surface area contributed by atoms with Crippen LogP contribution < -0.4 is 13.7 Å². The lowest BCUT2D eigenvalue weighted by Gasteiger charge is -2.31. The van der Waals surface area contributed by atoms with Crippen LogP contribution in [0.4, 0.5) is 4.79 Å². The van der Waals surface area contributed by atoms with Crippen molar-refractivity contribution in [3.05, 3.63) is 41.5 Å². The molecule has 1 atom stereocenters. The number of carboxylic acids is 1. The van der Waals surface area contributed by atoms with Gasteiger partial charge in [0.15, 0.2) is 11.5 Å². The standard InChI is InChI=1S/C26H31NO10S/c1-25(2,3)36-24(30)27-13-22(35-26(27,4)5)19-12-21-20(33-14-34-21)11-18(19)17-10-16(37-38(6,31)32)8-7-15(17)9-23(28)29/h7-8,10-12,22H,9,13-14H2,1-6H3,(H,28,29). The lowest BCUT2D eigenvalue weighted by atomic mass is 9.91. The molecular formula is C26H31NO10S. The van der Waals surface area contributed by atoms with E-state index in [0.29, 0.717) is 33.8 Å². The molecule has 2 aromatic carbocycles. The van der Waals surface area contributed by atoms with E-state index in [-0.39, 0.29) is 25.5 Å². The van der Waals surface area contributed by atoms with E-state index < -0.39 is 39.6 Å². The first-order valence-electron chi connectivity index (χ1n) is 11.9. The zero-order valence-corrected chi connectivity index (χ0v) is 22.9. The van der Waals surface area contributed by atoms with Crippen LogP contribution in [0.15, 0.2) is 30.3 Å². The molecule has 2 aliphatic heterocycles. The van der Waals surface area contributed by atoms with Crippen molar-refractivity contribution in [3.63, 3.8) is 0 Å². The second-order valence-electron chi connectivity index (χ2n) is 10.6. The number of rotatable bonds is 6. The van der Waals surface area contributed by atoms with Crippen molar-refractivity contribution in [2.45, 2.75) is 58.5 Å². The molecule has 2 aliphatic rings. The summed E-state index contributed by atoms with van der Waals surface area (Å²) in [7, 11) is -3.84. The maximum Gasteiger partial charge on any atom is 0.412 e. The molecule has 206 valence electrons. The van der Waals surface area contributed by atoms with Crippen molar-refractivity contribution < 1.29 is 46.2 Å². The first-order chi connectivity index (χ1) is 17.5. The van der Waals surface area contributed by atoms with E-state index in [1.165, 1.54) is 23.1 Å². The molecule has 2 heterocycles. The van der Waals surface area contributed by atoms with E-state index in [9.17, 15) is 23.1 Å². The third-order valence-corrected chi connectivity index (χ3v) is 6.39. The number of hydrogen-bond donors (Lipinski definition) is 1. The summed E-state index contributed by atoms with van der Waals surface area (Å²) in [4.78, 5) is 26.1. The average molecular weight is 550 g/mol. The fourth-order valence-corrected chi connectivity index (χ4v) is 4.87. The number of nitrogens with zero attached hydrogens (tertiary/aromatic N) is 1. The zero-order valence-electron chi connectivity index (χ0n) is 22.1. The highest BCUT2D eigenvalue weighted by atomic mass is 32.2. The number of carbonyl (C=O) groups is 2. The van der Waals surface area contributed by atoms with Gasteiger partial charge < -0.3 is 28.2 Å². The van der Waals surface area contributed by atoms with Gasteiger partial charge in [-0.15, -0.1) is 0 Å². The Morgan fingerprint density at radius 2 is 1.76 bits per heavy atom. The molecule has 0 radical (unpaired) electrons. The van der Waals surface area contributed by atoms with E-state index in [4.69, 9.17) is 23.1 Å². The topological polar surface area (TPSA) is 138 Å². The Balaban J connectivity index is 1.84. The minimum Gasteiger partial charge on any atom is -0.481 e. The SMILES string of the molecule is CC(C)(C)OC(=O)N1CC(c2cc3c(cc2-c2cc(OS(C)(=O)=O)ccc2CC(=O)O)OCO3)OC1(C)C. The van der Waals surface area contributed by atoms with E-state index in [0.717, 1.165) is 6.26 Å². The summed E-state index contributed by atoms with van der Waals surface area (Å²) in [6.07, 6.45) is -0.603. The number of benzene rings is 2. The second kappa shape index (κ2) is 9.66. The number of amides is 1. The third kappa shape index (κ3) is 6.13. The molecule has 0 aromatic heterocycles. The fourth-order valence-electron chi connectivity index (χ4n) is 4.42. The minimum atomic E-state index is -3.84. The molecule has 4 rings (SSSR count). The largest absolute Gasteiger partial charge is 0.481 e. The predicted octanol–water partition coefficient (Wildman–Crippen LogP) is 4.09. The van der Waals surface area contributed by atoms with Crippen LogP contribution in [0.25, 0.3) is 11.1 Å². The first-order valence-corrected chi connectivity index (χ1v) is 13.7. The second-order valence-corrected chi connectivity index (χ2v) is 12.2. The van der Waals surface area contributed by atoms with Crippen molar-refractivity contribution in [1.82, 2.24) is 4.90 Å². The number of aliphatic carboxylic acids is 1. The van der Waals surface area contributed by atoms with Crippen LogP contribution in [0, 0.1) is 0 Å². The predicted molar refractivity (Wildman–Crippen MR) is 136 cm³/mol. The highest BCUT2D eigenvalue weighted by Crippen LogP contribution is 2.47. The van der Waals surface area contributed by atoms with Gasteiger partial charge in [0.25, 0.3) is 0 Å². The van der Waals surface area contributed by atoms with Crippen LogP contribution in [0.1, 0.15) is 51.8 Å². The monoisotopic (exact) mass is 549 g/mol. The molecule has 1 fully saturated rings. The molecule has 2 aromatic rings. The van der Waals surface area contributed by atoms with E-state index >= 15 is 0 Å². The summed E-state index contributed by atoms with van der Waals surface area (Å²) >= 11 is 0. The van der Waals surface area contributed by atoms with Gasteiger partial charge >= 0.3 is 22.2 Å². The minimum absolute atomic E-state index is 0.00150. The van der Waals surface area contributed by atoms with Crippen LogP contribution in [0.3, 0.4) is 0 Å². The first kappa shape index (κ1) is 27.5. The van der Waals surface area contributed by atoms with Crippen molar-refractivity contribution in [2.24, 2.45) is 0 Å². The Hall–Kier alpha value is -3.51. The van der Waals surface area contributed by atoms with Gasteiger partial charge in [0.1, 0.15) is 23.2 Å². The van der Waals surface area contributed by atoms with Crippen LogP contribution in [-0.4, -0.2) is 61.4 Å². The molecule has 0 bridgehead atoms. The van der Waals surface area contributed by atoms with Gasteiger partial charge in [-0.3, -0.25) is 9.69 Å². The summed E-state index contributed by atoms with van der Waals surface area (Å²) < 4.78 is 51.7. The van der Waals surface area contributed by atoms with Gasteiger partial charge in [-0.25, -0.2) is 4.79 Å². The molecule has 38 heavy (non-hydrogen) atoms. The molecule has 1 amide bonds. The third-order valence-electron chi connectivity index (χ3n) is 5.90. The lowest BCUT2D eigenvalue weighted by molar-refractivity contribution is -0.136. The fraction of sp³-hybridized carbons (Fsp3) is 0.462. The highest BCUT2D eigenvalue weighted by Gasteiger charge is 2.45. The summed E-state index contributed by atoms with van der Waals surface area (Å²) in [5.41, 5.74) is 0.221. The van der Waals surface area contributed by atoms with Crippen molar-refractivity contribution >= 4 is 22.2 Å². The van der Waals surface area contributed by atoms with Crippen LogP contribution in [0.5, 0.6) is 17.2 Å². The number of carboxylic acid groups (broad SMARTS) is 1. The Labute approximate surface area is 221 Å². The smallest absolute Gasteiger partial charge is 0.412 e. The van der Waals surface area contributed by atoms with Gasteiger partial charge in [0.05, 0.1) is 19.2 Å². The Bertz CT molecular complexity index is 1380. The van der Waals surface area contributed by atoms with Gasteiger partial charge in [-0.05, 0) is 81.1 Å². The van der Waals surface area contributed by atoms with Crippen LogP contribution in [-0.2, 0) is 30.8 Å². The quantitative estimate of drug-likeness (QED) is 0.524. The summed E-state index contributed by atoms with van der Waals surface area (Å²) in [6.45, 7) is 8.97. The number of hydrogen-bond acceptors (Lipinski definition) is 9. The maximum atomic E-state index is 13.0. The Kier molecular flexibility index (Phi) is 7.00. The summed E-state index contributed by atoms with van der Waals surface area (Å²) in [5.74, 6) is -0.159. The van der Waals surface area contributed by atoms with Crippen LogP contribution >= 0.6 is 0 Å². The number of carbonyl (C=O) groups excluding carboxylic acids is 1. The molecule has 1 saturated heterocycles. The molecule has 0 saturated carbocycles. The van der Waals surface area contributed by atoms with Gasteiger partial charge in [-0.2, -0.15) is 8.42 Å². The number of ether oxygens (including phenoxy) is 4. The van der Waals surface area contributed by atoms with Gasteiger partial charge in [0, 0.05) is 0 Å². The Morgan fingerprint density at radius 3 is 2.37 bits per heavy atom. The van der Waals surface area contributed by atoms with Gasteiger partial charge in [0.2, 0.25) is 6.79 Å². The molecule has 1 N–H and O–H groups in total. The average Bonchev–Trinajstić information content (AvgIpc) is 3.34.